The van der Waals surface area contributed by atoms with Crippen LogP contribution in [-0.4, -0.2) is 37.3 Å². The SMILES string of the molecule is Cc1c(C(=O)NCC(F)(F)Br)cnn1-c1ccc(=O)[nH]n1. The van der Waals surface area contributed by atoms with E-state index in [1.165, 1.54) is 23.0 Å². The van der Waals surface area contributed by atoms with Gasteiger partial charge in [0.1, 0.15) is 0 Å². The van der Waals surface area contributed by atoms with Gasteiger partial charge in [-0.05, 0) is 28.9 Å². The van der Waals surface area contributed by atoms with E-state index in [-0.39, 0.29) is 11.1 Å². The Bertz CT molecular complexity index is 702. The number of aromatic nitrogens is 4. The molecule has 0 saturated heterocycles. The van der Waals surface area contributed by atoms with Gasteiger partial charge in [-0.25, -0.2) is 9.78 Å². The number of amides is 1. The van der Waals surface area contributed by atoms with Crippen molar-refractivity contribution in [1.29, 1.82) is 0 Å². The third kappa shape index (κ3) is 3.72. The number of rotatable bonds is 4. The van der Waals surface area contributed by atoms with Crippen LogP contribution in [-0.2, 0) is 0 Å². The molecule has 2 N–H and O–H groups in total. The van der Waals surface area contributed by atoms with Crippen LogP contribution in [0.3, 0.4) is 0 Å². The van der Waals surface area contributed by atoms with Crippen molar-refractivity contribution in [1.82, 2.24) is 25.3 Å². The van der Waals surface area contributed by atoms with Crippen LogP contribution in [0.1, 0.15) is 16.1 Å². The number of nitrogens with zero attached hydrogens (tertiary/aromatic N) is 3. The molecule has 0 aliphatic carbocycles. The van der Waals surface area contributed by atoms with Gasteiger partial charge in [0.05, 0.1) is 24.0 Å². The standard InChI is InChI=1S/C11H10BrF2N5O2/c1-6-7(10(21)15-5-11(12,13)14)4-16-19(6)8-2-3-9(20)18-17-8/h2-4H,5H2,1H3,(H,15,21)(H,18,20). The number of H-pyrrole nitrogens is 1. The molecule has 0 bridgehead atoms. The van der Waals surface area contributed by atoms with Crippen molar-refractivity contribution in [2.45, 2.75) is 11.8 Å². The monoisotopic (exact) mass is 361 g/mol. The Morgan fingerprint density at radius 2 is 2.24 bits per heavy atom. The Morgan fingerprint density at radius 1 is 1.52 bits per heavy atom. The highest BCUT2D eigenvalue weighted by atomic mass is 79.9. The molecule has 0 unspecified atom stereocenters. The largest absolute Gasteiger partial charge is 0.345 e. The molecule has 0 radical (unpaired) electrons. The lowest BCUT2D eigenvalue weighted by molar-refractivity contribution is 0.0835. The van der Waals surface area contributed by atoms with E-state index in [1.807, 2.05) is 0 Å². The molecule has 0 spiro atoms. The van der Waals surface area contributed by atoms with Crippen molar-refractivity contribution >= 4 is 21.8 Å². The molecule has 2 heterocycles. The van der Waals surface area contributed by atoms with Crippen LogP contribution in [0.15, 0.2) is 23.1 Å². The minimum absolute atomic E-state index is 0.139. The third-order valence-corrected chi connectivity index (χ3v) is 2.87. The maximum absolute atomic E-state index is 12.6. The molecule has 0 aromatic carbocycles. The zero-order chi connectivity index (χ0) is 15.6. The first-order valence-electron chi connectivity index (χ1n) is 5.73. The lowest BCUT2D eigenvalue weighted by Gasteiger charge is -2.09. The molecule has 1 amide bonds. The third-order valence-electron chi connectivity index (χ3n) is 2.59. The first-order chi connectivity index (χ1) is 9.78. The summed E-state index contributed by atoms with van der Waals surface area (Å²) in [7, 11) is 0. The Kier molecular flexibility index (Phi) is 4.16. The van der Waals surface area contributed by atoms with Crippen molar-refractivity contribution in [2.24, 2.45) is 0 Å². The topological polar surface area (TPSA) is 92.7 Å². The second-order valence-electron chi connectivity index (χ2n) is 4.13. The highest BCUT2D eigenvalue weighted by molar-refractivity contribution is 9.10. The van der Waals surface area contributed by atoms with Crippen LogP contribution in [0.25, 0.3) is 5.82 Å². The second-order valence-corrected chi connectivity index (χ2v) is 5.29. The molecule has 21 heavy (non-hydrogen) atoms. The normalized spacial score (nSPS) is 11.4. The first-order valence-corrected chi connectivity index (χ1v) is 6.53. The fourth-order valence-electron chi connectivity index (χ4n) is 1.59. The maximum atomic E-state index is 12.6. The van der Waals surface area contributed by atoms with E-state index in [0.717, 1.165) is 0 Å². The number of hydrogen-bond donors (Lipinski definition) is 2. The molecule has 2 aromatic rings. The summed E-state index contributed by atoms with van der Waals surface area (Å²) in [6.45, 7) is 0.744. The van der Waals surface area contributed by atoms with E-state index >= 15 is 0 Å². The van der Waals surface area contributed by atoms with Crippen molar-refractivity contribution in [3.8, 4) is 5.82 Å². The quantitative estimate of drug-likeness (QED) is 0.794. The van der Waals surface area contributed by atoms with Crippen molar-refractivity contribution in [2.75, 3.05) is 6.54 Å². The molecule has 2 rings (SSSR count). The molecule has 0 atom stereocenters. The lowest BCUT2D eigenvalue weighted by Crippen LogP contribution is -2.33. The minimum atomic E-state index is -3.17. The first kappa shape index (κ1) is 15.3. The van der Waals surface area contributed by atoms with Crippen LogP contribution >= 0.6 is 15.9 Å². The lowest BCUT2D eigenvalue weighted by atomic mass is 10.2. The summed E-state index contributed by atoms with van der Waals surface area (Å²) in [5, 5.41) is 12.0. The number of aromatic amines is 1. The van der Waals surface area contributed by atoms with Gasteiger partial charge in [-0.2, -0.15) is 19.0 Å². The molecular formula is C11H10BrF2N5O2. The molecule has 10 heteroatoms. The predicted molar refractivity (Wildman–Crippen MR) is 72.9 cm³/mol. The van der Waals surface area contributed by atoms with Crippen LogP contribution in [0.4, 0.5) is 8.78 Å². The Labute approximate surface area is 125 Å². The Balaban J connectivity index is 2.22. The number of carbonyl (C=O) groups is 1. The second kappa shape index (κ2) is 5.72. The summed E-state index contributed by atoms with van der Waals surface area (Å²) >= 11 is 2.13. The summed E-state index contributed by atoms with van der Waals surface area (Å²) in [6.07, 6.45) is 1.24. The van der Waals surface area contributed by atoms with Gasteiger partial charge in [-0.15, -0.1) is 0 Å². The molecule has 0 fully saturated rings. The van der Waals surface area contributed by atoms with Gasteiger partial charge in [0, 0.05) is 6.07 Å². The predicted octanol–water partition coefficient (Wildman–Crippen LogP) is 0.982. The molecule has 0 aliphatic rings. The van der Waals surface area contributed by atoms with Crippen LogP contribution in [0, 0.1) is 6.92 Å². The number of nitrogens with one attached hydrogen (secondary N) is 2. The number of carbonyl (C=O) groups excluding carboxylic acids is 1. The van der Waals surface area contributed by atoms with E-state index in [2.05, 4.69) is 36.5 Å². The highest BCUT2D eigenvalue weighted by Crippen LogP contribution is 2.20. The molecule has 7 nitrogen and oxygen atoms in total. The molecular weight excluding hydrogens is 352 g/mol. The molecule has 112 valence electrons. The Hall–Kier alpha value is -2.10. The number of alkyl halides is 3. The molecule has 0 saturated carbocycles. The fourth-order valence-corrected chi connectivity index (χ4v) is 1.73. The van der Waals surface area contributed by atoms with Gasteiger partial charge >= 0.3 is 4.83 Å². The van der Waals surface area contributed by atoms with Crippen molar-refractivity contribution < 1.29 is 13.6 Å². The van der Waals surface area contributed by atoms with Crippen LogP contribution in [0.5, 0.6) is 0 Å². The smallest absolute Gasteiger partial charge is 0.318 e. The van der Waals surface area contributed by atoms with Gasteiger partial charge in [0.25, 0.3) is 11.5 Å². The van der Waals surface area contributed by atoms with E-state index in [1.54, 1.807) is 6.92 Å². The van der Waals surface area contributed by atoms with Gasteiger partial charge in [-0.3, -0.25) is 9.59 Å². The number of halogens is 3. The average molecular weight is 362 g/mol. The van der Waals surface area contributed by atoms with E-state index < -0.39 is 17.3 Å². The molecule has 0 aliphatic heterocycles. The van der Waals surface area contributed by atoms with E-state index in [0.29, 0.717) is 11.5 Å². The van der Waals surface area contributed by atoms with Gasteiger partial charge < -0.3 is 5.32 Å². The zero-order valence-corrected chi connectivity index (χ0v) is 12.3. The van der Waals surface area contributed by atoms with Crippen molar-refractivity contribution in [3.63, 3.8) is 0 Å². The Morgan fingerprint density at radius 3 is 2.81 bits per heavy atom. The van der Waals surface area contributed by atoms with Crippen LogP contribution in [0.2, 0.25) is 0 Å². The van der Waals surface area contributed by atoms with Gasteiger partial charge in [-0.1, -0.05) is 0 Å². The zero-order valence-electron chi connectivity index (χ0n) is 10.7. The number of hydrogen-bond acceptors (Lipinski definition) is 4. The van der Waals surface area contributed by atoms with Gasteiger partial charge in [0.15, 0.2) is 5.82 Å². The average Bonchev–Trinajstić information content (AvgIpc) is 2.78. The summed E-state index contributed by atoms with van der Waals surface area (Å²) in [5.41, 5.74) is 0.172. The summed E-state index contributed by atoms with van der Waals surface area (Å²) in [6, 6.07) is 2.68. The fraction of sp³-hybridized carbons (Fsp3) is 0.273. The van der Waals surface area contributed by atoms with Crippen LogP contribution < -0.4 is 10.9 Å². The molecule has 2 aromatic heterocycles. The summed E-state index contributed by atoms with van der Waals surface area (Å²) in [5.74, 6) is -0.376. The summed E-state index contributed by atoms with van der Waals surface area (Å²) < 4.78 is 26.6. The van der Waals surface area contributed by atoms with Gasteiger partial charge in [0.2, 0.25) is 0 Å². The highest BCUT2D eigenvalue weighted by Gasteiger charge is 2.25. The minimum Gasteiger partial charge on any atom is -0.345 e. The van der Waals surface area contributed by atoms with E-state index in [9.17, 15) is 18.4 Å². The maximum Gasteiger partial charge on any atom is 0.318 e. The van der Waals surface area contributed by atoms with E-state index in [4.69, 9.17) is 0 Å². The summed E-state index contributed by atoms with van der Waals surface area (Å²) in [4.78, 5) is 19.6. The van der Waals surface area contributed by atoms with Crippen molar-refractivity contribution in [3.05, 3.63) is 39.9 Å².